The predicted octanol–water partition coefficient (Wildman–Crippen LogP) is 5.05. The van der Waals surface area contributed by atoms with Crippen LogP contribution in [0, 0.1) is 0 Å². The molecule has 0 aliphatic heterocycles. The Labute approximate surface area is 217 Å². The van der Waals surface area contributed by atoms with E-state index in [0.29, 0.717) is 12.1 Å². The molecule has 0 spiro atoms. The van der Waals surface area contributed by atoms with Crippen molar-refractivity contribution in [1.82, 2.24) is 15.5 Å². The maximum atomic E-state index is 13.9. The fraction of sp³-hybridized carbons (Fsp3) is 0.667. The van der Waals surface area contributed by atoms with Crippen molar-refractivity contribution in [2.75, 3.05) is 12.3 Å². The summed E-state index contributed by atoms with van der Waals surface area (Å²) in [5.41, 5.74) is 0.431. The topological polar surface area (TPSA) is 87.7 Å². The Balaban J connectivity index is 3.39. The van der Waals surface area contributed by atoms with Crippen molar-refractivity contribution >= 4 is 30.5 Å². The lowest BCUT2D eigenvalue weighted by Gasteiger charge is -2.43. The number of carbonyl (C=O) groups excluding carboxylic acids is 3. The molecule has 0 bridgehead atoms. The van der Waals surface area contributed by atoms with Crippen molar-refractivity contribution in [1.29, 1.82) is 0 Å². The second-order valence-electron chi connectivity index (χ2n) is 10.8. The molecule has 1 aromatic rings. The molecule has 2 atom stereocenters. The molecule has 0 saturated heterocycles. The van der Waals surface area contributed by atoms with E-state index in [0.717, 1.165) is 31.2 Å². The van der Waals surface area contributed by atoms with E-state index in [1.165, 1.54) is 0 Å². The summed E-state index contributed by atoms with van der Waals surface area (Å²) in [5, 5.41) is 5.66. The molecule has 3 amide bonds. The molecule has 2 unspecified atom stereocenters. The highest BCUT2D eigenvalue weighted by atomic mass is 32.1. The van der Waals surface area contributed by atoms with E-state index in [-0.39, 0.29) is 11.7 Å². The largest absolute Gasteiger partial charge is 0.444 e. The van der Waals surface area contributed by atoms with Crippen molar-refractivity contribution in [2.45, 2.75) is 104 Å². The van der Waals surface area contributed by atoms with Gasteiger partial charge in [0.05, 0.1) is 0 Å². The number of nitrogens with one attached hydrogen (secondary N) is 2. The molecule has 0 aromatic heterocycles. The summed E-state index contributed by atoms with van der Waals surface area (Å²) in [6, 6.07) is 5.94. The van der Waals surface area contributed by atoms with E-state index in [1.54, 1.807) is 25.7 Å². The Hall–Kier alpha value is -2.22. The summed E-state index contributed by atoms with van der Waals surface area (Å²) in [7, 11) is 0. The van der Waals surface area contributed by atoms with Gasteiger partial charge < -0.3 is 20.3 Å². The average molecular weight is 508 g/mol. The molecular formula is C27H45N3O4S. The first-order chi connectivity index (χ1) is 16.2. The van der Waals surface area contributed by atoms with E-state index in [4.69, 9.17) is 4.74 Å². The number of hydrogen-bond donors (Lipinski definition) is 3. The van der Waals surface area contributed by atoms with Crippen LogP contribution in [-0.4, -0.2) is 52.3 Å². The molecule has 0 saturated carbocycles. The molecule has 2 N–H and O–H groups in total. The van der Waals surface area contributed by atoms with Gasteiger partial charge in [0.25, 0.3) is 0 Å². The van der Waals surface area contributed by atoms with Gasteiger partial charge in [-0.3, -0.25) is 9.59 Å². The molecule has 0 fully saturated rings. The molecule has 0 aliphatic rings. The van der Waals surface area contributed by atoms with Crippen LogP contribution in [0.1, 0.15) is 91.8 Å². The maximum Gasteiger partial charge on any atom is 0.408 e. The molecule has 1 aromatic carbocycles. The molecule has 1 rings (SSSR count). The van der Waals surface area contributed by atoms with Crippen LogP contribution in [0.15, 0.2) is 24.3 Å². The van der Waals surface area contributed by atoms with Gasteiger partial charge in [-0.25, -0.2) is 4.79 Å². The molecule has 0 aliphatic carbocycles. The van der Waals surface area contributed by atoms with Crippen LogP contribution in [0.5, 0.6) is 0 Å². The van der Waals surface area contributed by atoms with Crippen molar-refractivity contribution in [2.24, 2.45) is 0 Å². The standard InChI is InChI=1S/C27H45N3O4S/c1-9-11-12-17-28-23(31)22(20-15-13-19(10-2)14-16-20)30(26(3,4)5)24(32)21(18-35)29-25(33)34-27(6,7)8/h13-16,21-22,35H,9-12,17-18H2,1-8H3,(H,28,31)(H,29,33). The van der Waals surface area contributed by atoms with Crippen LogP contribution in [0.2, 0.25) is 0 Å². The Morgan fingerprint density at radius 2 is 1.60 bits per heavy atom. The minimum atomic E-state index is -0.960. The van der Waals surface area contributed by atoms with Crippen LogP contribution in [-0.2, 0) is 20.7 Å². The summed E-state index contributed by atoms with van der Waals surface area (Å²) in [6.07, 6.45) is 3.10. The number of aryl methyl sites for hydroxylation is 1. The number of carbonyl (C=O) groups is 3. The Morgan fingerprint density at radius 1 is 1.00 bits per heavy atom. The molecular weight excluding hydrogens is 462 g/mol. The number of amides is 3. The Morgan fingerprint density at radius 3 is 2.06 bits per heavy atom. The number of nitrogens with zero attached hydrogens (tertiary/aromatic N) is 1. The first-order valence-corrected chi connectivity index (χ1v) is 13.2. The molecule has 198 valence electrons. The zero-order valence-corrected chi connectivity index (χ0v) is 23.6. The van der Waals surface area contributed by atoms with Crippen molar-refractivity contribution in [3.8, 4) is 0 Å². The van der Waals surface area contributed by atoms with Gasteiger partial charge in [-0.15, -0.1) is 0 Å². The summed E-state index contributed by atoms with van der Waals surface area (Å²) in [6.45, 7) is 15.6. The van der Waals surface area contributed by atoms with Crippen LogP contribution in [0.3, 0.4) is 0 Å². The lowest BCUT2D eigenvalue weighted by Crippen LogP contribution is -2.59. The van der Waals surface area contributed by atoms with Gasteiger partial charge in [-0.2, -0.15) is 12.6 Å². The van der Waals surface area contributed by atoms with Crippen LogP contribution < -0.4 is 10.6 Å². The smallest absolute Gasteiger partial charge is 0.408 e. The fourth-order valence-corrected chi connectivity index (χ4v) is 3.93. The van der Waals surface area contributed by atoms with Gasteiger partial charge in [0.15, 0.2) is 0 Å². The second kappa shape index (κ2) is 13.8. The van der Waals surface area contributed by atoms with Crippen LogP contribution >= 0.6 is 12.6 Å². The SMILES string of the molecule is CCCCCNC(=O)C(c1ccc(CC)cc1)N(C(=O)C(CS)NC(=O)OC(C)(C)C)C(C)(C)C. The van der Waals surface area contributed by atoms with Gasteiger partial charge >= 0.3 is 6.09 Å². The average Bonchev–Trinajstić information content (AvgIpc) is 2.76. The van der Waals surface area contributed by atoms with E-state index in [2.05, 4.69) is 37.1 Å². The van der Waals surface area contributed by atoms with E-state index < -0.39 is 35.2 Å². The van der Waals surface area contributed by atoms with Gasteiger partial charge in [-0.05, 0) is 65.5 Å². The highest BCUT2D eigenvalue weighted by Gasteiger charge is 2.41. The van der Waals surface area contributed by atoms with E-state index in [9.17, 15) is 14.4 Å². The van der Waals surface area contributed by atoms with Crippen molar-refractivity contribution in [3.63, 3.8) is 0 Å². The van der Waals surface area contributed by atoms with E-state index >= 15 is 0 Å². The van der Waals surface area contributed by atoms with Gasteiger partial charge in [0.1, 0.15) is 17.7 Å². The van der Waals surface area contributed by atoms with Gasteiger partial charge in [0.2, 0.25) is 11.8 Å². The third-order valence-corrected chi connectivity index (χ3v) is 5.79. The maximum absolute atomic E-state index is 13.9. The number of unbranched alkanes of at least 4 members (excludes halogenated alkanes) is 2. The third kappa shape index (κ3) is 10.1. The summed E-state index contributed by atoms with van der Waals surface area (Å²) < 4.78 is 5.35. The molecule has 8 heteroatoms. The Bertz CT molecular complexity index is 828. The van der Waals surface area contributed by atoms with E-state index in [1.807, 2.05) is 45.0 Å². The zero-order valence-electron chi connectivity index (χ0n) is 22.7. The minimum Gasteiger partial charge on any atom is -0.444 e. The normalized spacial score (nSPS) is 13.5. The first kappa shape index (κ1) is 30.8. The number of hydrogen-bond acceptors (Lipinski definition) is 5. The Kier molecular flexibility index (Phi) is 12.1. The molecule has 0 heterocycles. The number of thiol groups is 1. The summed E-state index contributed by atoms with van der Waals surface area (Å²) >= 11 is 4.33. The minimum absolute atomic E-state index is 0.0598. The number of ether oxygens (including phenoxy) is 1. The van der Waals surface area contributed by atoms with Gasteiger partial charge in [-0.1, -0.05) is 51.0 Å². The van der Waals surface area contributed by atoms with Crippen LogP contribution in [0.25, 0.3) is 0 Å². The molecule has 35 heavy (non-hydrogen) atoms. The fourth-order valence-electron chi connectivity index (χ4n) is 3.68. The van der Waals surface area contributed by atoms with Crippen molar-refractivity contribution < 1.29 is 19.1 Å². The number of benzene rings is 1. The monoisotopic (exact) mass is 507 g/mol. The number of rotatable bonds is 11. The molecule has 7 nitrogen and oxygen atoms in total. The molecule has 0 radical (unpaired) electrons. The summed E-state index contributed by atoms with van der Waals surface area (Å²) in [4.78, 5) is 41.4. The number of alkyl carbamates (subject to hydrolysis) is 1. The predicted molar refractivity (Wildman–Crippen MR) is 145 cm³/mol. The second-order valence-corrected chi connectivity index (χ2v) is 11.1. The lowest BCUT2D eigenvalue weighted by atomic mass is 9.94. The third-order valence-electron chi connectivity index (χ3n) is 5.42. The quantitative estimate of drug-likeness (QED) is 0.289. The van der Waals surface area contributed by atoms with Crippen LogP contribution in [0.4, 0.5) is 4.79 Å². The lowest BCUT2D eigenvalue weighted by molar-refractivity contribution is -0.148. The first-order valence-electron chi connectivity index (χ1n) is 12.5. The zero-order chi connectivity index (χ0) is 26.8. The highest BCUT2D eigenvalue weighted by molar-refractivity contribution is 7.80. The van der Waals surface area contributed by atoms with Crippen molar-refractivity contribution in [3.05, 3.63) is 35.4 Å². The van der Waals surface area contributed by atoms with Gasteiger partial charge in [0, 0.05) is 17.8 Å². The highest BCUT2D eigenvalue weighted by Crippen LogP contribution is 2.30. The summed E-state index contributed by atoms with van der Waals surface area (Å²) in [5.74, 6) is -0.583.